The Kier molecular flexibility index (Phi) is 4.51. The largest absolute Gasteiger partial charge is 0.480 e. The highest BCUT2D eigenvalue weighted by Crippen LogP contribution is 2.23. The molecule has 6 heteroatoms. The van der Waals surface area contributed by atoms with Crippen LogP contribution in [-0.4, -0.2) is 32.3 Å². The Balaban J connectivity index is 3.16. The van der Waals surface area contributed by atoms with Crippen molar-refractivity contribution in [2.75, 3.05) is 0 Å². The fraction of sp³-hybridized carbons (Fsp3) is 0.667. The number of carbonyl (C=O) groups excluding carboxylic acids is 1. The van der Waals surface area contributed by atoms with Crippen molar-refractivity contribution in [2.24, 2.45) is 0 Å². The van der Waals surface area contributed by atoms with Gasteiger partial charge < -0.3 is 10.4 Å². The molecule has 0 aliphatic carbocycles. The van der Waals surface area contributed by atoms with Crippen molar-refractivity contribution >= 4 is 11.9 Å². The predicted molar refractivity (Wildman–Crippen MR) is 80.5 cm³/mol. The standard InChI is InChI=1S/C15H25N3O3/c1-9(2)11-8-10(17-18(11)14(3,4)5)12(19)16-15(6,7)13(20)21/h8-9H,1-7H3,(H,16,19)(H,20,21). The van der Waals surface area contributed by atoms with Crippen LogP contribution < -0.4 is 5.32 Å². The van der Waals surface area contributed by atoms with Crippen molar-refractivity contribution in [1.82, 2.24) is 15.1 Å². The summed E-state index contributed by atoms with van der Waals surface area (Å²) in [6.45, 7) is 13.0. The molecule has 0 bridgehead atoms. The molecular weight excluding hydrogens is 270 g/mol. The molecule has 0 aliphatic rings. The van der Waals surface area contributed by atoms with E-state index in [9.17, 15) is 9.59 Å². The van der Waals surface area contributed by atoms with Crippen LogP contribution in [0.2, 0.25) is 0 Å². The zero-order chi connectivity index (χ0) is 16.6. The SMILES string of the molecule is CC(C)c1cc(C(=O)NC(C)(C)C(=O)O)nn1C(C)(C)C. The number of nitrogens with one attached hydrogen (secondary N) is 1. The average molecular weight is 295 g/mol. The molecule has 0 saturated heterocycles. The van der Waals surface area contributed by atoms with E-state index in [0.29, 0.717) is 0 Å². The molecule has 0 saturated carbocycles. The maximum atomic E-state index is 12.2. The Hall–Kier alpha value is -1.85. The van der Waals surface area contributed by atoms with Gasteiger partial charge in [-0.1, -0.05) is 13.8 Å². The third-order valence-corrected chi connectivity index (χ3v) is 3.16. The summed E-state index contributed by atoms with van der Waals surface area (Å²) in [4.78, 5) is 23.3. The van der Waals surface area contributed by atoms with Gasteiger partial charge in [-0.15, -0.1) is 0 Å². The molecule has 0 fully saturated rings. The minimum atomic E-state index is -1.33. The molecule has 0 spiro atoms. The van der Waals surface area contributed by atoms with Gasteiger partial charge >= 0.3 is 5.97 Å². The second-order valence-corrected chi connectivity index (χ2v) is 7.08. The van der Waals surface area contributed by atoms with Crippen molar-refractivity contribution in [1.29, 1.82) is 0 Å². The molecule has 1 amide bonds. The number of carboxylic acid groups (broad SMARTS) is 1. The van der Waals surface area contributed by atoms with Gasteiger partial charge in [0.1, 0.15) is 5.54 Å². The maximum Gasteiger partial charge on any atom is 0.328 e. The highest BCUT2D eigenvalue weighted by atomic mass is 16.4. The predicted octanol–water partition coefficient (Wildman–Crippen LogP) is 2.35. The number of hydrogen-bond acceptors (Lipinski definition) is 3. The highest BCUT2D eigenvalue weighted by Gasteiger charge is 2.31. The Labute approximate surface area is 125 Å². The van der Waals surface area contributed by atoms with Crippen LogP contribution in [0.5, 0.6) is 0 Å². The fourth-order valence-electron chi connectivity index (χ4n) is 1.86. The maximum absolute atomic E-state index is 12.2. The topological polar surface area (TPSA) is 84.2 Å². The van der Waals surface area contributed by atoms with Crippen molar-refractivity contribution in [3.63, 3.8) is 0 Å². The summed E-state index contributed by atoms with van der Waals surface area (Å²) in [6, 6.07) is 1.73. The van der Waals surface area contributed by atoms with Crippen LogP contribution in [0.25, 0.3) is 0 Å². The second-order valence-electron chi connectivity index (χ2n) is 7.08. The molecule has 1 aromatic heterocycles. The number of aromatic nitrogens is 2. The number of carboxylic acids is 1. The number of aliphatic carboxylic acids is 1. The first-order valence-electron chi connectivity index (χ1n) is 7.02. The Morgan fingerprint density at radius 3 is 2.10 bits per heavy atom. The molecule has 1 aromatic rings. The first kappa shape index (κ1) is 17.2. The Morgan fingerprint density at radius 1 is 1.24 bits per heavy atom. The van der Waals surface area contributed by atoms with E-state index in [0.717, 1.165) is 5.69 Å². The van der Waals surface area contributed by atoms with E-state index in [1.807, 2.05) is 39.3 Å². The lowest BCUT2D eigenvalue weighted by Gasteiger charge is -2.23. The van der Waals surface area contributed by atoms with E-state index >= 15 is 0 Å². The average Bonchev–Trinajstić information content (AvgIpc) is 2.72. The van der Waals surface area contributed by atoms with Crippen molar-refractivity contribution < 1.29 is 14.7 Å². The molecule has 1 heterocycles. The minimum absolute atomic E-state index is 0.214. The van der Waals surface area contributed by atoms with E-state index in [2.05, 4.69) is 10.4 Å². The number of amides is 1. The molecule has 0 atom stereocenters. The summed E-state index contributed by atoms with van der Waals surface area (Å²) >= 11 is 0. The zero-order valence-electron chi connectivity index (χ0n) is 13.8. The lowest BCUT2D eigenvalue weighted by Crippen LogP contribution is -2.49. The smallest absolute Gasteiger partial charge is 0.328 e. The van der Waals surface area contributed by atoms with Gasteiger partial charge in [-0.25, -0.2) is 4.79 Å². The van der Waals surface area contributed by atoms with Gasteiger partial charge in [0.25, 0.3) is 5.91 Å². The van der Waals surface area contributed by atoms with Gasteiger partial charge in [-0.2, -0.15) is 5.10 Å². The van der Waals surface area contributed by atoms with Gasteiger partial charge in [0.2, 0.25) is 0 Å². The number of hydrogen-bond donors (Lipinski definition) is 2. The molecule has 2 N–H and O–H groups in total. The van der Waals surface area contributed by atoms with E-state index in [4.69, 9.17) is 5.11 Å². The second kappa shape index (κ2) is 5.50. The molecule has 0 aromatic carbocycles. The third-order valence-electron chi connectivity index (χ3n) is 3.16. The first-order valence-corrected chi connectivity index (χ1v) is 7.02. The first-order chi connectivity index (χ1) is 9.36. The highest BCUT2D eigenvalue weighted by molar-refractivity contribution is 5.96. The van der Waals surface area contributed by atoms with Gasteiger partial charge in [0.05, 0.1) is 5.54 Å². The molecule has 6 nitrogen and oxygen atoms in total. The molecular formula is C15H25N3O3. The van der Waals surface area contributed by atoms with Gasteiger partial charge in [-0.05, 0) is 46.6 Å². The van der Waals surface area contributed by atoms with Crippen molar-refractivity contribution in [3.8, 4) is 0 Å². The Morgan fingerprint density at radius 2 is 1.76 bits per heavy atom. The molecule has 0 radical (unpaired) electrons. The van der Waals surface area contributed by atoms with Crippen molar-refractivity contribution in [2.45, 2.75) is 65.5 Å². The molecule has 0 aliphatic heterocycles. The third kappa shape index (κ3) is 3.83. The molecule has 1 rings (SSSR count). The van der Waals surface area contributed by atoms with Crippen LogP contribution in [0, 0.1) is 0 Å². The van der Waals surface area contributed by atoms with Crippen LogP contribution in [0.4, 0.5) is 0 Å². The molecule has 21 heavy (non-hydrogen) atoms. The number of carbonyl (C=O) groups is 2. The van der Waals surface area contributed by atoms with Crippen LogP contribution >= 0.6 is 0 Å². The lowest BCUT2D eigenvalue weighted by molar-refractivity contribution is -0.143. The quantitative estimate of drug-likeness (QED) is 0.893. The van der Waals surface area contributed by atoms with Crippen LogP contribution in [0.1, 0.15) is 70.6 Å². The van der Waals surface area contributed by atoms with E-state index in [-0.39, 0.29) is 17.2 Å². The fourth-order valence-corrected chi connectivity index (χ4v) is 1.86. The summed E-state index contributed by atoms with van der Waals surface area (Å²) in [7, 11) is 0. The van der Waals surface area contributed by atoms with E-state index in [1.165, 1.54) is 13.8 Å². The zero-order valence-corrected chi connectivity index (χ0v) is 13.8. The monoisotopic (exact) mass is 295 g/mol. The summed E-state index contributed by atoms with van der Waals surface area (Å²) in [6.07, 6.45) is 0. The summed E-state index contributed by atoms with van der Waals surface area (Å²) in [5.74, 6) is -1.35. The van der Waals surface area contributed by atoms with E-state index < -0.39 is 17.4 Å². The molecule has 0 unspecified atom stereocenters. The summed E-state index contributed by atoms with van der Waals surface area (Å²) < 4.78 is 1.82. The number of nitrogens with zero attached hydrogens (tertiary/aromatic N) is 2. The van der Waals surface area contributed by atoms with Crippen LogP contribution in [-0.2, 0) is 10.3 Å². The van der Waals surface area contributed by atoms with Gasteiger partial charge in [0, 0.05) is 5.69 Å². The van der Waals surface area contributed by atoms with Crippen LogP contribution in [0.3, 0.4) is 0 Å². The lowest BCUT2D eigenvalue weighted by atomic mass is 10.0. The summed E-state index contributed by atoms with van der Waals surface area (Å²) in [5.41, 5.74) is -0.398. The number of rotatable bonds is 4. The Bertz CT molecular complexity index is 551. The summed E-state index contributed by atoms with van der Waals surface area (Å²) in [5, 5.41) is 15.9. The normalized spacial score (nSPS) is 12.6. The van der Waals surface area contributed by atoms with E-state index in [1.54, 1.807) is 6.07 Å². The van der Waals surface area contributed by atoms with Gasteiger partial charge in [0.15, 0.2) is 5.69 Å². The molecule has 118 valence electrons. The minimum Gasteiger partial charge on any atom is -0.480 e. The van der Waals surface area contributed by atoms with Crippen molar-refractivity contribution in [3.05, 3.63) is 17.5 Å². The van der Waals surface area contributed by atoms with Crippen LogP contribution in [0.15, 0.2) is 6.07 Å². The van der Waals surface area contributed by atoms with Gasteiger partial charge in [-0.3, -0.25) is 9.48 Å².